The Morgan fingerprint density at radius 3 is 2.83 bits per heavy atom. The molecular weight excluding hydrogens is 431 g/mol. The summed E-state index contributed by atoms with van der Waals surface area (Å²) < 4.78 is 15.8. The van der Waals surface area contributed by atoms with Crippen LogP contribution in [0.2, 0.25) is 10.0 Å². The zero-order valence-corrected chi connectivity index (χ0v) is 18.6. The number of hydrogen-bond acceptors (Lipinski definition) is 6. The molecule has 0 bridgehead atoms. The van der Waals surface area contributed by atoms with Gasteiger partial charge in [-0.25, -0.2) is 4.99 Å². The normalized spacial score (nSPS) is 11.1. The maximum atomic E-state index is 6.35. The topological polar surface area (TPSA) is 59.8 Å². The van der Waals surface area contributed by atoms with Gasteiger partial charge in [0.15, 0.2) is 5.82 Å². The molecule has 1 aromatic heterocycles. The van der Waals surface area contributed by atoms with E-state index in [-0.39, 0.29) is 6.61 Å². The van der Waals surface area contributed by atoms with Crippen molar-refractivity contribution in [2.24, 2.45) is 4.99 Å². The molecule has 0 atom stereocenters. The molecule has 3 aromatic rings. The summed E-state index contributed by atoms with van der Waals surface area (Å²) in [6.45, 7) is 5.06. The van der Waals surface area contributed by atoms with Gasteiger partial charge in [-0.2, -0.15) is 9.36 Å². The number of aliphatic imine (C=N–C) groups is 1. The smallest absolute Gasteiger partial charge is 0.298 e. The van der Waals surface area contributed by atoms with Crippen molar-refractivity contribution in [3.05, 3.63) is 57.8 Å². The summed E-state index contributed by atoms with van der Waals surface area (Å²) in [5.74, 6) is 1.79. The van der Waals surface area contributed by atoms with Crippen LogP contribution in [0.1, 0.15) is 18.3 Å². The van der Waals surface area contributed by atoms with Crippen LogP contribution in [0.15, 0.2) is 41.4 Å². The molecule has 6 nitrogen and oxygen atoms in total. The number of hydrogen-bond donors (Lipinski definition) is 0. The first-order chi connectivity index (χ1) is 13.9. The fourth-order valence-electron chi connectivity index (χ4n) is 2.24. The lowest BCUT2D eigenvalue weighted by molar-refractivity contribution is 0.296. The second-order valence-corrected chi connectivity index (χ2v) is 7.77. The van der Waals surface area contributed by atoms with Crippen LogP contribution in [0.3, 0.4) is 0 Å². The molecule has 0 fully saturated rings. The van der Waals surface area contributed by atoms with E-state index in [4.69, 9.17) is 32.7 Å². The van der Waals surface area contributed by atoms with Gasteiger partial charge in [0.2, 0.25) is 0 Å². The van der Waals surface area contributed by atoms with Gasteiger partial charge in [-0.3, -0.25) is 0 Å². The largest absolute Gasteiger partial charge is 0.486 e. The molecule has 1 heterocycles. The van der Waals surface area contributed by atoms with Crippen LogP contribution >= 0.6 is 34.7 Å². The molecule has 9 heteroatoms. The lowest BCUT2D eigenvalue weighted by atomic mass is 10.2. The third-order valence-electron chi connectivity index (χ3n) is 3.95. The molecule has 29 heavy (non-hydrogen) atoms. The molecule has 0 aliphatic heterocycles. The highest BCUT2D eigenvalue weighted by Gasteiger charge is 2.12. The van der Waals surface area contributed by atoms with Crippen LogP contribution in [0.25, 0.3) is 0 Å². The van der Waals surface area contributed by atoms with Crippen LogP contribution < -0.4 is 9.47 Å². The molecule has 2 aromatic carbocycles. The minimum absolute atomic E-state index is 0.221. The van der Waals surface area contributed by atoms with Gasteiger partial charge < -0.3 is 14.4 Å². The summed E-state index contributed by atoms with van der Waals surface area (Å²) in [6, 6.07) is 10.8. The molecule has 3 rings (SSSR count). The summed E-state index contributed by atoms with van der Waals surface area (Å²) >= 11 is 13.5. The van der Waals surface area contributed by atoms with E-state index in [1.807, 2.05) is 44.0 Å². The van der Waals surface area contributed by atoms with Gasteiger partial charge in [-0.05, 0) is 43.7 Å². The Hall–Kier alpha value is -2.35. The van der Waals surface area contributed by atoms with Crippen molar-refractivity contribution in [2.75, 3.05) is 13.6 Å². The second-order valence-electron chi connectivity index (χ2n) is 6.21. The first-order valence-corrected chi connectivity index (χ1v) is 10.4. The predicted octanol–water partition coefficient (Wildman–Crippen LogP) is 6.14. The number of aryl methyl sites for hydroxylation is 1. The van der Waals surface area contributed by atoms with Crippen molar-refractivity contribution in [2.45, 2.75) is 20.5 Å². The highest BCUT2D eigenvalue weighted by Crippen LogP contribution is 2.35. The van der Waals surface area contributed by atoms with Crippen molar-refractivity contribution in [3.8, 4) is 16.7 Å². The number of ether oxygens (including phenoxy) is 2. The predicted molar refractivity (Wildman–Crippen MR) is 118 cm³/mol. The van der Waals surface area contributed by atoms with Gasteiger partial charge >= 0.3 is 0 Å². The maximum Gasteiger partial charge on any atom is 0.298 e. The quantitative estimate of drug-likeness (QED) is 0.304. The number of aromatic nitrogens is 2. The van der Waals surface area contributed by atoms with Crippen molar-refractivity contribution in [3.63, 3.8) is 0 Å². The van der Waals surface area contributed by atoms with Gasteiger partial charge in [0.25, 0.3) is 5.19 Å². The average molecular weight is 451 g/mol. The van der Waals surface area contributed by atoms with E-state index in [2.05, 4.69) is 14.3 Å². The van der Waals surface area contributed by atoms with E-state index in [0.29, 0.717) is 38.2 Å². The Bertz CT molecular complexity index is 1010. The van der Waals surface area contributed by atoms with E-state index in [9.17, 15) is 0 Å². The van der Waals surface area contributed by atoms with Gasteiger partial charge in [0.05, 0.1) is 17.0 Å². The minimum Gasteiger partial charge on any atom is -0.486 e. The number of halogens is 2. The molecule has 0 aliphatic rings. The average Bonchev–Trinajstić information content (AvgIpc) is 3.15. The minimum atomic E-state index is 0.221. The summed E-state index contributed by atoms with van der Waals surface area (Å²) in [7, 11) is 1.95. The zero-order chi connectivity index (χ0) is 20.8. The Kier molecular flexibility index (Phi) is 7.30. The van der Waals surface area contributed by atoms with Crippen molar-refractivity contribution in [1.29, 1.82) is 0 Å². The monoisotopic (exact) mass is 450 g/mol. The number of benzene rings is 2. The first-order valence-electron chi connectivity index (χ1n) is 8.88. The summed E-state index contributed by atoms with van der Waals surface area (Å²) in [6.07, 6.45) is 1.75. The molecule has 0 saturated carbocycles. The third kappa shape index (κ3) is 6.06. The molecule has 0 amide bonds. The fourth-order valence-corrected chi connectivity index (χ4v) is 3.17. The fraction of sp³-hybridized carbons (Fsp3) is 0.250. The first kappa shape index (κ1) is 21.4. The van der Waals surface area contributed by atoms with E-state index in [0.717, 1.165) is 23.6 Å². The number of rotatable bonds is 8. The van der Waals surface area contributed by atoms with E-state index >= 15 is 0 Å². The van der Waals surface area contributed by atoms with Gasteiger partial charge in [0, 0.05) is 36.2 Å². The SMILES string of the molecule is CCN(C)/C=N\c1cc(C)c(Oc2nc(COc3cccc(Cl)c3)ns2)cc1Cl. The molecule has 0 saturated heterocycles. The van der Waals surface area contributed by atoms with Crippen LogP contribution in [-0.4, -0.2) is 34.2 Å². The Morgan fingerprint density at radius 2 is 2.07 bits per heavy atom. The highest BCUT2D eigenvalue weighted by atomic mass is 35.5. The maximum absolute atomic E-state index is 6.35. The highest BCUT2D eigenvalue weighted by molar-refractivity contribution is 7.07. The van der Waals surface area contributed by atoms with Crippen molar-refractivity contribution in [1.82, 2.24) is 14.3 Å². The van der Waals surface area contributed by atoms with Crippen LogP contribution in [-0.2, 0) is 6.61 Å². The molecular formula is C20H20Cl2N4O2S. The lowest BCUT2D eigenvalue weighted by Gasteiger charge is -2.10. The zero-order valence-electron chi connectivity index (χ0n) is 16.2. The Balaban J connectivity index is 1.66. The molecule has 0 aliphatic carbocycles. The standard InChI is InChI=1S/C20H20Cl2N4O2S/c1-4-26(3)12-23-17-8-13(2)18(10-16(17)22)28-20-24-19(25-29-20)11-27-15-7-5-6-14(21)9-15/h5-10,12H,4,11H2,1-3H3/b23-12-. The molecule has 0 radical (unpaired) electrons. The van der Waals surface area contributed by atoms with E-state index < -0.39 is 0 Å². The number of nitrogens with zero attached hydrogens (tertiary/aromatic N) is 4. The van der Waals surface area contributed by atoms with E-state index in [1.165, 1.54) is 0 Å². The summed E-state index contributed by atoms with van der Waals surface area (Å²) in [4.78, 5) is 10.7. The van der Waals surface area contributed by atoms with E-state index in [1.54, 1.807) is 24.5 Å². The van der Waals surface area contributed by atoms with Crippen molar-refractivity contribution < 1.29 is 9.47 Å². The third-order valence-corrected chi connectivity index (χ3v) is 5.12. The summed E-state index contributed by atoms with van der Waals surface area (Å²) in [5.41, 5.74) is 1.58. The molecule has 0 spiro atoms. The van der Waals surface area contributed by atoms with Gasteiger partial charge in [-0.1, -0.05) is 29.3 Å². The lowest BCUT2D eigenvalue weighted by Crippen LogP contribution is -2.14. The van der Waals surface area contributed by atoms with Crippen LogP contribution in [0.5, 0.6) is 16.7 Å². The second kappa shape index (κ2) is 9.91. The van der Waals surface area contributed by atoms with Gasteiger partial charge in [0.1, 0.15) is 18.1 Å². The van der Waals surface area contributed by atoms with Crippen molar-refractivity contribution >= 4 is 46.8 Å². The molecule has 152 valence electrons. The summed E-state index contributed by atoms with van der Waals surface area (Å²) in [5, 5.41) is 1.52. The molecule has 0 N–H and O–H groups in total. The van der Waals surface area contributed by atoms with Crippen LogP contribution in [0.4, 0.5) is 5.69 Å². The molecule has 0 unspecified atom stereocenters. The van der Waals surface area contributed by atoms with Gasteiger partial charge in [-0.15, -0.1) is 0 Å². The Labute approximate surface area is 183 Å². The van der Waals surface area contributed by atoms with Crippen LogP contribution in [0, 0.1) is 6.92 Å². The Morgan fingerprint density at radius 1 is 1.24 bits per heavy atom.